The summed E-state index contributed by atoms with van der Waals surface area (Å²) in [4.78, 5) is 27.0. The molecule has 2 rings (SSSR count). The van der Waals surface area contributed by atoms with Gasteiger partial charge in [0, 0.05) is 18.8 Å². The summed E-state index contributed by atoms with van der Waals surface area (Å²) in [6.45, 7) is 0.398. The lowest BCUT2D eigenvalue weighted by Crippen LogP contribution is -2.20. The number of anilines is 1. The number of nitrogens with zero attached hydrogens (tertiary/aromatic N) is 5. The zero-order chi connectivity index (χ0) is 14.4. The molecule has 0 bridgehead atoms. The number of amides is 2. The van der Waals surface area contributed by atoms with Gasteiger partial charge in [-0.15, -0.1) is 16.4 Å². The highest BCUT2D eigenvalue weighted by atomic mass is 32.1. The van der Waals surface area contributed by atoms with Gasteiger partial charge in [-0.05, 0) is 10.4 Å². The fraction of sp³-hybridized carbons (Fsp3) is 0.400. The first-order valence-electron chi connectivity index (χ1n) is 5.83. The van der Waals surface area contributed by atoms with Gasteiger partial charge in [0.25, 0.3) is 0 Å². The maximum atomic E-state index is 11.7. The fourth-order valence-electron chi connectivity index (χ4n) is 1.38. The molecule has 20 heavy (non-hydrogen) atoms. The average molecular weight is 295 g/mol. The van der Waals surface area contributed by atoms with Crippen molar-refractivity contribution in [3.05, 3.63) is 17.4 Å². The Morgan fingerprint density at radius 1 is 1.40 bits per heavy atom. The van der Waals surface area contributed by atoms with Crippen LogP contribution in [0.3, 0.4) is 0 Å². The van der Waals surface area contributed by atoms with Gasteiger partial charge in [-0.3, -0.25) is 9.59 Å². The Kier molecular flexibility index (Phi) is 4.71. The van der Waals surface area contributed by atoms with E-state index in [2.05, 4.69) is 31.1 Å². The van der Waals surface area contributed by atoms with Gasteiger partial charge in [0.15, 0.2) is 5.13 Å². The smallest absolute Gasteiger partial charge is 0.228 e. The minimum atomic E-state index is -0.179. The minimum Gasteiger partial charge on any atom is -0.359 e. The maximum absolute atomic E-state index is 11.7. The highest BCUT2D eigenvalue weighted by Crippen LogP contribution is 2.16. The molecule has 10 heteroatoms. The van der Waals surface area contributed by atoms with Gasteiger partial charge in [0.2, 0.25) is 11.8 Å². The van der Waals surface area contributed by atoms with Crippen LogP contribution in [0, 0.1) is 0 Å². The summed E-state index contributed by atoms with van der Waals surface area (Å²) in [7, 11) is 1.57. The lowest BCUT2D eigenvalue weighted by Gasteiger charge is -2.01. The normalized spacial score (nSPS) is 10.2. The summed E-state index contributed by atoms with van der Waals surface area (Å²) in [5, 5.41) is 18.0. The zero-order valence-electron chi connectivity index (χ0n) is 10.7. The van der Waals surface area contributed by atoms with Gasteiger partial charge in [-0.2, -0.15) is 0 Å². The first kappa shape index (κ1) is 14.1. The Bertz CT molecular complexity index is 580. The number of tetrazole rings is 1. The van der Waals surface area contributed by atoms with E-state index in [1.165, 1.54) is 22.3 Å². The van der Waals surface area contributed by atoms with Crippen LogP contribution in [0.2, 0.25) is 0 Å². The van der Waals surface area contributed by atoms with Crippen LogP contribution in [-0.2, 0) is 22.6 Å². The van der Waals surface area contributed by atoms with Crippen LogP contribution >= 0.6 is 11.3 Å². The van der Waals surface area contributed by atoms with Crippen molar-refractivity contribution in [2.75, 3.05) is 12.4 Å². The molecule has 0 saturated heterocycles. The van der Waals surface area contributed by atoms with Crippen LogP contribution in [0.4, 0.5) is 5.13 Å². The van der Waals surface area contributed by atoms with Crippen molar-refractivity contribution in [1.29, 1.82) is 0 Å². The van der Waals surface area contributed by atoms with E-state index in [0.717, 1.165) is 0 Å². The number of carbonyl (C=O) groups excluding carboxylic acids is 2. The predicted molar refractivity (Wildman–Crippen MR) is 70.9 cm³/mol. The molecule has 2 N–H and O–H groups in total. The number of aromatic nitrogens is 5. The average Bonchev–Trinajstić information content (AvgIpc) is 3.08. The van der Waals surface area contributed by atoms with Crippen LogP contribution in [0.5, 0.6) is 0 Å². The topological polar surface area (TPSA) is 115 Å². The highest BCUT2D eigenvalue weighted by Gasteiger charge is 2.09. The fourth-order valence-corrected chi connectivity index (χ4v) is 2.11. The van der Waals surface area contributed by atoms with E-state index in [9.17, 15) is 9.59 Å². The van der Waals surface area contributed by atoms with Crippen LogP contribution < -0.4 is 10.6 Å². The van der Waals surface area contributed by atoms with Crippen molar-refractivity contribution in [2.45, 2.75) is 19.4 Å². The summed E-state index contributed by atoms with van der Waals surface area (Å²) in [5.41, 5.74) is 0.630. The second-order valence-corrected chi connectivity index (χ2v) is 4.72. The molecule has 0 unspecified atom stereocenters. The van der Waals surface area contributed by atoms with Crippen LogP contribution in [0.15, 0.2) is 11.7 Å². The Morgan fingerprint density at radius 3 is 2.95 bits per heavy atom. The zero-order valence-corrected chi connectivity index (χ0v) is 11.6. The summed E-state index contributed by atoms with van der Waals surface area (Å²) >= 11 is 1.28. The van der Waals surface area contributed by atoms with Gasteiger partial charge in [0.1, 0.15) is 6.33 Å². The lowest BCUT2D eigenvalue weighted by molar-refractivity contribution is -0.120. The van der Waals surface area contributed by atoms with E-state index in [1.54, 1.807) is 12.4 Å². The van der Waals surface area contributed by atoms with Crippen LogP contribution in [0.25, 0.3) is 0 Å². The first-order chi connectivity index (χ1) is 9.67. The summed E-state index contributed by atoms with van der Waals surface area (Å²) in [6.07, 6.45) is 1.89. The third kappa shape index (κ3) is 4.09. The number of nitrogens with one attached hydrogen (secondary N) is 2. The van der Waals surface area contributed by atoms with Gasteiger partial charge < -0.3 is 10.6 Å². The Morgan fingerprint density at radius 2 is 2.25 bits per heavy atom. The Hall–Kier alpha value is -2.36. The third-order valence-electron chi connectivity index (χ3n) is 2.38. The number of hydrogen-bond acceptors (Lipinski definition) is 7. The van der Waals surface area contributed by atoms with E-state index in [1.807, 2.05) is 0 Å². The van der Waals surface area contributed by atoms with E-state index >= 15 is 0 Å². The number of hydrogen-bond donors (Lipinski definition) is 2. The molecule has 2 aromatic rings. The maximum Gasteiger partial charge on any atom is 0.228 e. The predicted octanol–water partition coefficient (Wildman–Crippen LogP) is -0.553. The standard InChI is InChI=1S/C10H13N7O2S/c1-11-9(19)4-7-5-20-10(13-7)14-8(18)2-3-17-6-12-15-16-17/h5-6H,2-4H2,1H3,(H,11,19)(H,13,14,18). The Labute approximate surface area is 118 Å². The molecule has 2 aromatic heterocycles. The number of aryl methyl sites for hydroxylation is 1. The SMILES string of the molecule is CNC(=O)Cc1csc(NC(=O)CCn2cnnn2)n1. The number of rotatable bonds is 6. The first-order valence-corrected chi connectivity index (χ1v) is 6.71. The number of likely N-dealkylation sites (N-methyl/N-ethyl adjacent to an activating group) is 1. The molecule has 0 aliphatic heterocycles. The molecule has 0 fully saturated rings. The van der Waals surface area contributed by atoms with Gasteiger partial charge in [-0.25, -0.2) is 9.67 Å². The van der Waals surface area contributed by atoms with E-state index in [-0.39, 0.29) is 24.7 Å². The van der Waals surface area contributed by atoms with Crippen molar-refractivity contribution in [2.24, 2.45) is 0 Å². The number of thiazole rings is 1. The molecule has 0 aliphatic carbocycles. The Balaban J connectivity index is 1.80. The van der Waals surface area contributed by atoms with Crippen molar-refractivity contribution in [3.8, 4) is 0 Å². The van der Waals surface area contributed by atoms with Crippen molar-refractivity contribution in [3.63, 3.8) is 0 Å². The molecule has 0 aliphatic rings. The molecule has 2 heterocycles. The summed E-state index contributed by atoms with van der Waals surface area (Å²) < 4.78 is 1.47. The second kappa shape index (κ2) is 6.70. The molecule has 9 nitrogen and oxygen atoms in total. The molecule has 0 atom stereocenters. The van der Waals surface area contributed by atoms with Crippen molar-refractivity contribution < 1.29 is 9.59 Å². The van der Waals surface area contributed by atoms with E-state index in [0.29, 0.717) is 17.4 Å². The second-order valence-electron chi connectivity index (χ2n) is 3.87. The van der Waals surface area contributed by atoms with Crippen LogP contribution in [0.1, 0.15) is 12.1 Å². The molecular weight excluding hydrogens is 282 g/mol. The van der Waals surface area contributed by atoms with Crippen LogP contribution in [-0.4, -0.2) is 44.1 Å². The van der Waals surface area contributed by atoms with Gasteiger partial charge >= 0.3 is 0 Å². The largest absolute Gasteiger partial charge is 0.359 e. The third-order valence-corrected chi connectivity index (χ3v) is 3.18. The quantitative estimate of drug-likeness (QED) is 0.738. The van der Waals surface area contributed by atoms with Gasteiger partial charge in [-0.1, -0.05) is 0 Å². The van der Waals surface area contributed by atoms with E-state index < -0.39 is 0 Å². The number of carbonyl (C=O) groups is 2. The molecule has 2 amide bonds. The lowest BCUT2D eigenvalue weighted by atomic mass is 10.3. The molecule has 0 radical (unpaired) electrons. The highest BCUT2D eigenvalue weighted by molar-refractivity contribution is 7.13. The monoisotopic (exact) mass is 295 g/mol. The molecule has 106 valence electrons. The summed E-state index contributed by atoms with van der Waals surface area (Å²) in [6, 6.07) is 0. The minimum absolute atomic E-state index is 0.119. The van der Waals surface area contributed by atoms with E-state index in [4.69, 9.17) is 0 Å². The van der Waals surface area contributed by atoms with Gasteiger partial charge in [0.05, 0.1) is 18.7 Å². The molecule has 0 saturated carbocycles. The molecule has 0 aromatic carbocycles. The van der Waals surface area contributed by atoms with Crippen molar-refractivity contribution in [1.82, 2.24) is 30.5 Å². The molecular formula is C10H13N7O2S. The van der Waals surface area contributed by atoms with Crippen molar-refractivity contribution >= 4 is 28.3 Å². The summed E-state index contributed by atoms with van der Waals surface area (Å²) in [5.74, 6) is -0.298. The molecule has 0 spiro atoms.